The van der Waals surface area contributed by atoms with Crippen LogP contribution in [0.2, 0.25) is 0 Å². The highest BCUT2D eigenvalue weighted by atomic mass is 127. The predicted molar refractivity (Wildman–Crippen MR) is 120 cm³/mol. The molecule has 3 N–H and O–H groups in total. The van der Waals surface area contributed by atoms with E-state index in [-0.39, 0.29) is 36.2 Å². The van der Waals surface area contributed by atoms with E-state index < -0.39 is 0 Å². The summed E-state index contributed by atoms with van der Waals surface area (Å²) in [6, 6.07) is 8.51. The molecular weight excluding hydrogens is 439 g/mol. The van der Waals surface area contributed by atoms with E-state index in [1.54, 1.807) is 0 Å². The van der Waals surface area contributed by atoms with Gasteiger partial charge in [0, 0.05) is 26.2 Å². The molecule has 1 aromatic rings. The van der Waals surface area contributed by atoms with Gasteiger partial charge >= 0.3 is 0 Å². The summed E-state index contributed by atoms with van der Waals surface area (Å²) in [6.45, 7) is 13.1. The average molecular weight is 474 g/mol. The molecule has 2 unspecified atom stereocenters. The first-order valence-corrected chi connectivity index (χ1v) is 9.42. The van der Waals surface area contributed by atoms with Gasteiger partial charge in [0.15, 0.2) is 5.96 Å². The third-order valence-corrected chi connectivity index (χ3v) is 4.46. The van der Waals surface area contributed by atoms with Gasteiger partial charge in [-0.25, -0.2) is 4.99 Å². The van der Waals surface area contributed by atoms with Crippen LogP contribution in [0.15, 0.2) is 29.3 Å². The Hall–Kier alpha value is -0.860. The largest absolute Gasteiger partial charge is 0.373 e. The Kier molecular flexibility index (Phi) is 10.5. The molecule has 0 bridgehead atoms. The third-order valence-electron chi connectivity index (χ3n) is 4.46. The maximum absolute atomic E-state index is 5.99. The molecule has 0 aromatic heterocycles. The molecule has 2 rings (SSSR count). The Morgan fingerprint density at radius 2 is 1.85 bits per heavy atom. The second-order valence-corrected chi connectivity index (χ2v) is 7.53. The van der Waals surface area contributed by atoms with Crippen molar-refractivity contribution in [3.63, 3.8) is 0 Å². The van der Waals surface area contributed by atoms with Crippen LogP contribution in [0, 0.1) is 5.92 Å². The molecule has 0 saturated carbocycles. The molecule has 0 spiro atoms. The van der Waals surface area contributed by atoms with E-state index in [0.717, 1.165) is 32.6 Å². The minimum absolute atomic E-state index is 0. The van der Waals surface area contributed by atoms with E-state index in [4.69, 9.17) is 10.5 Å². The maximum atomic E-state index is 5.99. The number of aliphatic imine (C=N–C) groups is 1. The molecule has 1 saturated heterocycles. The molecule has 0 amide bonds. The predicted octanol–water partition coefficient (Wildman–Crippen LogP) is 3.36. The number of halogens is 1. The van der Waals surface area contributed by atoms with E-state index in [0.29, 0.717) is 18.4 Å². The first kappa shape index (κ1) is 23.2. The first-order chi connectivity index (χ1) is 11.9. The van der Waals surface area contributed by atoms with E-state index in [1.807, 2.05) is 0 Å². The van der Waals surface area contributed by atoms with Crippen LogP contribution >= 0.6 is 24.0 Å². The summed E-state index contributed by atoms with van der Waals surface area (Å²) in [5, 5.41) is 3.20. The number of hydrogen-bond acceptors (Lipinski definition) is 3. The number of benzene rings is 1. The highest BCUT2D eigenvalue weighted by Gasteiger charge is 2.22. The van der Waals surface area contributed by atoms with Crippen molar-refractivity contribution in [3.05, 3.63) is 35.4 Å². The van der Waals surface area contributed by atoms with Crippen LogP contribution in [0.1, 0.15) is 45.2 Å². The van der Waals surface area contributed by atoms with Gasteiger partial charge in [-0.3, -0.25) is 4.90 Å². The van der Waals surface area contributed by atoms with Crippen LogP contribution in [0.4, 0.5) is 0 Å². The minimum Gasteiger partial charge on any atom is -0.373 e. The standard InChI is InChI=1S/C20H34N4O.HI/c1-15(2)9-10-22-20(21)23-11-18-7-5-6-8-19(18)14-24-12-16(3)25-17(4)13-24;/h5-8,15-17H,9-14H2,1-4H3,(H3,21,22,23);1H. The number of guanidine groups is 1. The number of hydrogen-bond donors (Lipinski definition) is 2. The van der Waals surface area contributed by atoms with Crippen molar-refractivity contribution < 1.29 is 4.74 Å². The average Bonchev–Trinajstić information content (AvgIpc) is 2.52. The van der Waals surface area contributed by atoms with Gasteiger partial charge in [0.05, 0.1) is 18.8 Å². The maximum Gasteiger partial charge on any atom is 0.188 e. The van der Waals surface area contributed by atoms with Crippen LogP contribution in [-0.4, -0.2) is 42.7 Å². The van der Waals surface area contributed by atoms with Gasteiger partial charge < -0.3 is 15.8 Å². The number of morpholine rings is 1. The lowest BCUT2D eigenvalue weighted by Crippen LogP contribution is -2.44. The molecule has 26 heavy (non-hydrogen) atoms. The molecule has 6 heteroatoms. The normalized spacial score (nSPS) is 21.5. The fraction of sp³-hybridized carbons (Fsp3) is 0.650. The van der Waals surface area contributed by atoms with Gasteiger partial charge in [0.25, 0.3) is 0 Å². The van der Waals surface area contributed by atoms with Gasteiger partial charge in [0.2, 0.25) is 0 Å². The van der Waals surface area contributed by atoms with Gasteiger partial charge in [0.1, 0.15) is 0 Å². The smallest absolute Gasteiger partial charge is 0.188 e. The molecule has 1 aliphatic heterocycles. The van der Waals surface area contributed by atoms with Crippen molar-refractivity contribution in [3.8, 4) is 0 Å². The monoisotopic (exact) mass is 474 g/mol. The van der Waals surface area contributed by atoms with E-state index in [1.165, 1.54) is 11.1 Å². The molecule has 148 valence electrons. The van der Waals surface area contributed by atoms with Gasteiger partial charge in [-0.1, -0.05) is 38.1 Å². The Balaban J connectivity index is 0.00000338. The van der Waals surface area contributed by atoms with Crippen molar-refractivity contribution in [1.29, 1.82) is 0 Å². The van der Waals surface area contributed by atoms with E-state index in [9.17, 15) is 0 Å². The Labute approximate surface area is 175 Å². The van der Waals surface area contributed by atoms with Crippen LogP contribution < -0.4 is 11.1 Å². The number of nitrogens with two attached hydrogens (primary N) is 1. The van der Waals surface area contributed by atoms with Crippen molar-refractivity contribution in [2.45, 2.75) is 59.4 Å². The Morgan fingerprint density at radius 3 is 2.46 bits per heavy atom. The highest BCUT2D eigenvalue weighted by Crippen LogP contribution is 2.17. The number of nitrogens with one attached hydrogen (secondary N) is 1. The Bertz CT molecular complexity index is 554. The molecule has 1 heterocycles. The van der Waals surface area contributed by atoms with Crippen LogP contribution in [0.25, 0.3) is 0 Å². The third kappa shape index (κ3) is 8.22. The van der Waals surface area contributed by atoms with Crippen LogP contribution in [0.3, 0.4) is 0 Å². The molecule has 1 fully saturated rings. The molecule has 1 aromatic carbocycles. The lowest BCUT2D eigenvalue weighted by Gasteiger charge is -2.35. The highest BCUT2D eigenvalue weighted by molar-refractivity contribution is 14.0. The zero-order valence-electron chi connectivity index (χ0n) is 16.6. The summed E-state index contributed by atoms with van der Waals surface area (Å²) in [7, 11) is 0. The van der Waals surface area contributed by atoms with Gasteiger partial charge in [-0.2, -0.15) is 0 Å². The molecule has 0 radical (unpaired) electrons. The van der Waals surface area contributed by atoms with Crippen molar-refractivity contribution in [2.75, 3.05) is 19.6 Å². The summed E-state index contributed by atoms with van der Waals surface area (Å²) in [5.41, 5.74) is 8.55. The summed E-state index contributed by atoms with van der Waals surface area (Å²) in [6.07, 6.45) is 1.67. The topological polar surface area (TPSA) is 62.9 Å². The SMILES string of the molecule is CC(C)CCNC(N)=NCc1ccccc1CN1CC(C)OC(C)C1.I. The number of rotatable bonds is 7. The van der Waals surface area contributed by atoms with E-state index in [2.05, 4.69) is 67.2 Å². The number of nitrogens with zero attached hydrogens (tertiary/aromatic N) is 2. The summed E-state index contributed by atoms with van der Waals surface area (Å²) in [5.74, 6) is 1.20. The van der Waals surface area contributed by atoms with Gasteiger partial charge in [-0.05, 0) is 37.3 Å². The lowest BCUT2D eigenvalue weighted by atomic mass is 10.1. The Morgan fingerprint density at radius 1 is 1.23 bits per heavy atom. The van der Waals surface area contributed by atoms with E-state index >= 15 is 0 Å². The van der Waals surface area contributed by atoms with Crippen molar-refractivity contribution in [1.82, 2.24) is 10.2 Å². The van der Waals surface area contributed by atoms with Crippen molar-refractivity contribution >= 4 is 29.9 Å². The molecule has 0 aliphatic carbocycles. The second kappa shape index (κ2) is 11.8. The first-order valence-electron chi connectivity index (χ1n) is 9.42. The molecule has 2 atom stereocenters. The molecular formula is C20H35IN4O. The molecule has 1 aliphatic rings. The fourth-order valence-electron chi connectivity index (χ4n) is 3.24. The second-order valence-electron chi connectivity index (χ2n) is 7.53. The summed E-state index contributed by atoms with van der Waals surface area (Å²) >= 11 is 0. The fourth-order valence-corrected chi connectivity index (χ4v) is 3.24. The zero-order chi connectivity index (χ0) is 18.2. The number of ether oxygens (including phenoxy) is 1. The minimum atomic E-state index is 0. The molecule has 5 nitrogen and oxygen atoms in total. The summed E-state index contributed by atoms with van der Waals surface area (Å²) < 4.78 is 5.83. The summed E-state index contributed by atoms with van der Waals surface area (Å²) in [4.78, 5) is 6.98. The van der Waals surface area contributed by atoms with Crippen LogP contribution in [-0.2, 0) is 17.8 Å². The lowest BCUT2D eigenvalue weighted by molar-refractivity contribution is -0.0705. The quantitative estimate of drug-likeness (QED) is 0.362. The van der Waals surface area contributed by atoms with Gasteiger partial charge in [-0.15, -0.1) is 24.0 Å². The van der Waals surface area contributed by atoms with Crippen molar-refractivity contribution in [2.24, 2.45) is 16.6 Å². The zero-order valence-corrected chi connectivity index (χ0v) is 18.9. The van der Waals surface area contributed by atoms with Crippen LogP contribution in [0.5, 0.6) is 0 Å².